The number of fused-ring (bicyclic) bond motifs is 1. The highest BCUT2D eigenvalue weighted by Crippen LogP contribution is 2.29. The maximum Gasteiger partial charge on any atom is 0.270 e. The van der Waals surface area contributed by atoms with E-state index in [-0.39, 0.29) is 5.91 Å². The first-order chi connectivity index (χ1) is 10.8. The standard InChI is InChI=1S/C19H22N2O/c22-19(18-10-9-17-8-4-5-12-21(17)18)20-13-11-16(14-20)15-6-2-1-3-7-15/h1-3,6-7,9-10,16H,4-5,8,11-14H2. The van der Waals surface area contributed by atoms with Crippen LogP contribution in [0.25, 0.3) is 0 Å². The summed E-state index contributed by atoms with van der Waals surface area (Å²) < 4.78 is 2.24. The Morgan fingerprint density at radius 1 is 1.00 bits per heavy atom. The minimum atomic E-state index is 0.214. The molecule has 3 nitrogen and oxygen atoms in total. The van der Waals surface area contributed by atoms with Gasteiger partial charge in [0.05, 0.1) is 0 Å². The first-order valence-electron chi connectivity index (χ1n) is 8.35. The molecule has 0 aliphatic carbocycles. The summed E-state index contributed by atoms with van der Waals surface area (Å²) in [7, 11) is 0. The number of carbonyl (C=O) groups excluding carboxylic acids is 1. The van der Waals surface area contributed by atoms with Gasteiger partial charge in [-0.1, -0.05) is 30.3 Å². The van der Waals surface area contributed by atoms with E-state index >= 15 is 0 Å². The van der Waals surface area contributed by atoms with Crippen molar-refractivity contribution in [1.82, 2.24) is 9.47 Å². The normalized spacial score (nSPS) is 20.9. The van der Waals surface area contributed by atoms with Crippen molar-refractivity contribution < 1.29 is 4.79 Å². The molecule has 2 aliphatic heterocycles. The fourth-order valence-corrected chi connectivity index (χ4v) is 3.86. The fourth-order valence-electron chi connectivity index (χ4n) is 3.86. The minimum absolute atomic E-state index is 0.214. The number of carbonyl (C=O) groups is 1. The lowest BCUT2D eigenvalue weighted by molar-refractivity contribution is 0.0779. The van der Waals surface area contributed by atoms with E-state index in [0.717, 1.165) is 38.2 Å². The highest BCUT2D eigenvalue weighted by Gasteiger charge is 2.29. The molecule has 114 valence electrons. The predicted molar refractivity (Wildman–Crippen MR) is 87.1 cm³/mol. The topological polar surface area (TPSA) is 25.2 Å². The third-order valence-electron chi connectivity index (χ3n) is 5.10. The second-order valence-electron chi connectivity index (χ2n) is 6.47. The molecule has 0 spiro atoms. The van der Waals surface area contributed by atoms with Gasteiger partial charge in [-0.2, -0.15) is 0 Å². The van der Waals surface area contributed by atoms with Gasteiger partial charge in [-0.25, -0.2) is 0 Å². The number of nitrogens with zero attached hydrogens (tertiary/aromatic N) is 2. The van der Waals surface area contributed by atoms with Gasteiger partial charge < -0.3 is 9.47 Å². The monoisotopic (exact) mass is 294 g/mol. The van der Waals surface area contributed by atoms with Crippen LogP contribution < -0.4 is 0 Å². The van der Waals surface area contributed by atoms with Crippen molar-refractivity contribution in [1.29, 1.82) is 0 Å². The summed E-state index contributed by atoms with van der Waals surface area (Å²) in [5, 5.41) is 0. The number of rotatable bonds is 2. The SMILES string of the molecule is O=C(c1ccc2n1CCCC2)N1CCC(c2ccccc2)C1. The van der Waals surface area contributed by atoms with Crippen LogP contribution >= 0.6 is 0 Å². The van der Waals surface area contributed by atoms with Crippen LogP contribution in [-0.2, 0) is 13.0 Å². The molecule has 4 rings (SSSR count). The summed E-state index contributed by atoms with van der Waals surface area (Å²) in [6.45, 7) is 2.72. The van der Waals surface area contributed by atoms with Crippen LogP contribution in [0.5, 0.6) is 0 Å². The molecular formula is C19H22N2O. The van der Waals surface area contributed by atoms with E-state index in [1.54, 1.807) is 0 Å². The number of aromatic nitrogens is 1. The molecule has 0 bridgehead atoms. The van der Waals surface area contributed by atoms with Gasteiger partial charge in [-0.15, -0.1) is 0 Å². The maximum absolute atomic E-state index is 12.9. The quantitative estimate of drug-likeness (QED) is 0.833. The van der Waals surface area contributed by atoms with Crippen molar-refractivity contribution in [3.05, 3.63) is 59.4 Å². The Kier molecular flexibility index (Phi) is 3.49. The van der Waals surface area contributed by atoms with Crippen molar-refractivity contribution >= 4 is 5.91 Å². The highest BCUT2D eigenvalue weighted by atomic mass is 16.2. The second-order valence-corrected chi connectivity index (χ2v) is 6.47. The largest absolute Gasteiger partial charge is 0.341 e. The third kappa shape index (κ3) is 2.35. The number of likely N-dealkylation sites (tertiary alicyclic amines) is 1. The fraction of sp³-hybridized carbons (Fsp3) is 0.421. The molecule has 0 radical (unpaired) electrons. The van der Waals surface area contributed by atoms with Gasteiger partial charge in [0, 0.05) is 31.2 Å². The van der Waals surface area contributed by atoms with E-state index in [0.29, 0.717) is 5.92 Å². The van der Waals surface area contributed by atoms with Crippen molar-refractivity contribution in [3.63, 3.8) is 0 Å². The van der Waals surface area contributed by atoms with Crippen molar-refractivity contribution in [3.8, 4) is 0 Å². The molecule has 1 amide bonds. The molecule has 1 saturated heterocycles. The number of amides is 1. The van der Waals surface area contributed by atoms with Crippen LogP contribution in [0.1, 0.15) is 46.9 Å². The minimum Gasteiger partial charge on any atom is -0.341 e. The molecule has 0 N–H and O–H groups in total. The highest BCUT2D eigenvalue weighted by molar-refractivity contribution is 5.93. The van der Waals surface area contributed by atoms with Crippen LogP contribution in [0.4, 0.5) is 0 Å². The zero-order valence-electron chi connectivity index (χ0n) is 12.9. The molecule has 1 aromatic carbocycles. The predicted octanol–water partition coefficient (Wildman–Crippen LogP) is 3.45. The molecule has 2 aromatic rings. The molecule has 22 heavy (non-hydrogen) atoms. The van der Waals surface area contributed by atoms with Crippen molar-refractivity contribution in [2.75, 3.05) is 13.1 Å². The smallest absolute Gasteiger partial charge is 0.270 e. The van der Waals surface area contributed by atoms with Gasteiger partial charge in [0.25, 0.3) is 5.91 Å². The van der Waals surface area contributed by atoms with Crippen LogP contribution in [0, 0.1) is 0 Å². The average molecular weight is 294 g/mol. The maximum atomic E-state index is 12.9. The number of hydrogen-bond acceptors (Lipinski definition) is 1. The van der Waals surface area contributed by atoms with Crippen LogP contribution in [0.3, 0.4) is 0 Å². The zero-order valence-corrected chi connectivity index (χ0v) is 12.9. The summed E-state index contributed by atoms with van der Waals surface area (Å²) in [4.78, 5) is 14.9. The Labute approximate surface area is 131 Å². The van der Waals surface area contributed by atoms with Gasteiger partial charge >= 0.3 is 0 Å². The second kappa shape index (κ2) is 5.64. The van der Waals surface area contributed by atoms with E-state index in [2.05, 4.69) is 34.9 Å². The molecule has 0 saturated carbocycles. The first-order valence-corrected chi connectivity index (χ1v) is 8.35. The van der Waals surface area contributed by atoms with Crippen LogP contribution in [0.2, 0.25) is 0 Å². The van der Waals surface area contributed by atoms with Gasteiger partial charge in [0.1, 0.15) is 5.69 Å². The summed E-state index contributed by atoms with van der Waals surface area (Å²) in [5.41, 5.74) is 3.58. The van der Waals surface area contributed by atoms with E-state index in [9.17, 15) is 4.79 Å². The van der Waals surface area contributed by atoms with Crippen molar-refractivity contribution in [2.24, 2.45) is 0 Å². The molecule has 1 unspecified atom stereocenters. The van der Waals surface area contributed by atoms with E-state index < -0.39 is 0 Å². The van der Waals surface area contributed by atoms with E-state index in [4.69, 9.17) is 0 Å². The number of hydrogen-bond donors (Lipinski definition) is 0. The average Bonchev–Trinajstić information content (AvgIpc) is 3.22. The van der Waals surface area contributed by atoms with E-state index in [1.807, 2.05) is 17.0 Å². The zero-order chi connectivity index (χ0) is 14.9. The number of aryl methyl sites for hydroxylation is 1. The Morgan fingerprint density at radius 3 is 2.73 bits per heavy atom. The Morgan fingerprint density at radius 2 is 1.86 bits per heavy atom. The third-order valence-corrected chi connectivity index (χ3v) is 5.10. The summed E-state index contributed by atoms with van der Waals surface area (Å²) >= 11 is 0. The lowest BCUT2D eigenvalue weighted by atomic mass is 9.99. The molecular weight excluding hydrogens is 272 g/mol. The molecule has 3 heteroatoms. The summed E-state index contributed by atoms with van der Waals surface area (Å²) in [5.74, 6) is 0.701. The molecule has 1 fully saturated rings. The van der Waals surface area contributed by atoms with Gasteiger partial charge in [-0.3, -0.25) is 4.79 Å². The van der Waals surface area contributed by atoms with Gasteiger partial charge in [0.15, 0.2) is 0 Å². The molecule has 2 aliphatic rings. The van der Waals surface area contributed by atoms with E-state index in [1.165, 1.54) is 24.1 Å². The summed E-state index contributed by atoms with van der Waals surface area (Å²) in [6.07, 6.45) is 4.62. The van der Waals surface area contributed by atoms with Gasteiger partial charge in [0.2, 0.25) is 0 Å². The first kappa shape index (κ1) is 13.6. The Hall–Kier alpha value is -2.03. The van der Waals surface area contributed by atoms with Crippen molar-refractivity contribution in [2.45, 2.75) is 38.1 Å². The molecule has 3 heterocycles. The molecule has 1 atom stereocenters. The van der Waals surface area contributed by atoms with Crippen LogP contribution in [0.15, 0.2) is 42.5 Å². The number of benzene rings is 1. The summed E-state index contributed by atoms with van der Waals surface area (Å²) in [6, 6.07) is 14.7. The Balaban J connectivity index is 1.51. The lowest BCUT2D eigenvalue weighted by Crippen LogP contribution is -2.31. The van der Waals surface area contributed by atoms with Crippen LogP contribution in [-0.4, -0.2) is 28.5 Å². The van der Waals surface area contributed by atoms with Gasteiger partial charge in [-0.05, 0) is 43.4 Å². The Bertz CT molecular complexity index is 674. The lowest BCUT2D eigenvalue weighted by Gasteiger charge is -2.21. The molecule has 1 aromatic heterocycles.